The SMILES string of the molecule is COCC(C)(CC(=O)O)NC(=O)CCc1ccc(OC)c(Br)c1. The van der Waals surface area contributed by atoms with Crippen molar-refractivity contribution in [2.75, 3.05) is 20.8 Å². The third-order valence-corrected chi connectivity index (χ3v) is 3.92. The lowest BCUT2D eigenvalue weighted by Crippen LogP contribution is -2.50. The number of amides is 1. The molecule has 1 rings (SSSR count). The molecule has 0 aromatic heterocycles. The Kier molecular flexibility index (Phi) is 7.51. The van der Waals surface area contributed by atoms with Gasteiger partial charge in [-0.05, 0) is 47.0 Å². The molecule has 0 spiro atoms. The number of carbonyl (C=O) groups excluding carboxylic acids is 1. The molecule has 0 aliphatic carbocycles. The van der Waals surface area contributed by atoms with E-state index in [-0.39, 0.29) is 25.4 Å². The monoisotopic (exact) mass is 387 g/mol. The third-order valence-electron chi connectivity index (χ3n) is 3.30. The van der Waals surface area contributed by atoms with Gasteiger partial charge in [-0.3, -0.25) is 9.59 Å². The first kappa shape index (κ1) is 19.4. The Morgan fingerprint density at radius 1 is 1.35 bits per heavy atom. The second kappa shape index (κ2) is 8.88. The molecule has 0 aliphatic heterocycles. The van der Waals surface area contributed by atoms with Crippen LogP contribution in [0.5, 0.6) is 5.75 Å². The molecule has 23 heavy (non-hydrogen) atoms. The number of halogens is 1. The van der Waals surface area contributed by atoms with Crippen LogP contribution in [0.4, 0.5) is 0 Å². The number of aliphatic carboxylic acids is 1. The molecule has 1 atom stereocenters. The maximum Gasteiger partial charge on any atom is 0.305 e. The van der Waals surface area contributed by atoms with Gasteiger partial charge >= 0.3 is 5.97 Å². The fourth-order valence-corrected chi connectivity index (χ4v) is 2.89. The van der Waals surface area contributed by atoms with Gasteiger partial charge < -0.3 is 19.9 Å². The van der Waals surface area contributed by atoms with Crippen molar-refractivity contribution >= 4 is 27.8 Å². The number of rotatable bonds is 9. The van der Waals surface area contributed by atoms with Crippen LogP contribution >= 0.6 is 15.9 Å². The smallest absolute Gasteiger partial charge is 0.305 e. The number of carbonyl (C=O) groups is 2. The molecule has 0 fully saturated rings. The molecule has 0 heterocycles. The number of aryl methyl sites for hydroxylation is 1. The molecule has 0 saturated carbocycles. The van der Waals surface area contributed by atoms with Gasteiger partial charge in [0.2, 0.25) is 5.91 Å². The van der Waals surface area contributed by atoms with Gasteiger partial charge in [0.15, 0.2) is 0 Å². The first-order valence-corrected chi connectivity index (χ1v) is 7.93. The van der Waals surface area contributed by atoms with Crippen molar-refractivity contribution in [1.29, 1.82) is 0 Å². The lowest BCUT2D eigenvalue weighted by molar-refractivity contribution is -0.139. The minimum atomic E-state index is -0.982. The summed E-state index contributed by atoms with van der Waals surface area (Å²) in [5, 5.41) is 11.7. The van der Waals surface area contributed by atoms with E-state index in [4.69, 9.17) is 14.6 Å². The number of ether oxygens (including phenoxy) is 2. The van der Waals surface area contributed by atoms with Crippen LogP contribution in [0.1, 0.15) is 25.3 Å². The van der Waals surface area contributed by atoms with E-state index in [9.17, 15) is 9.59 Å². The van der Waals surface area contributed by atoms with Crippen LogP contribution < -0.4 is 10.1 Å². The largest absolute Gasteiger partial charge is 0.496 e. The summed E-state index contributed by atoms with van der Waals surface area (Å²) >= 11 is 3.40. The average Bonchev–Trinajstić information content (AvgIpc) is 2.44. The lowest BCUT2D eigenvalue weighted by atomic mass is 9.98. The zero-order valence-electron chi connectivity index (χ0n) is 13.5. The maximum absolute atomic E-state index is 12.1. The Morgan fingerprint density at radius 3 is 2.57 bits per heavy atom. The highest BCUT2D eigenvalue weighted by atomic mass is 79.9. The molecule has 128 valence electrons. The fourth-order valence-electron chi connectivity index (χ4n) is 2.31. The second-order valence-electron chi connectivity index (χ2n) is 5.58. The van der Waals surface area contributed by atoms with Crippen molar-refractivity contribution in [2.45, 2.75) is 31.7 Å². The standard InChI is InChI=1S/C16H22BrNO5/c1-16(10-22-2,9-15(20)21)18-14(19)7-5-11-4-6-13(23-3)12(17)8-11/h4,6,8H,5,7,9-10H2,1-3H3,(H,18,19)(H,20,21). The van der Waals surface area contributed by atoms with Crippen LogP contribution in [-0.2, 0) is 20.7 Å². The Bertz CT molecular complexity index is 563. The van der Waals surface area contributed by atoms with Crippen LogP contribution in [0.3, 0.4) is 0 Å². The van der Waals surface area contributed by atoms with Crippen molar-refractivity contribution in [2.24, 2.45) is 0 Å². The predicted molar refractivity (Wildman–Crippen MR) is 89.7 cm³/mol. The van der Waals surface area contributed by atoms with Gasteiger partial charge in [0.05, 0.1) is 30.1 Å². The number of benzene rings is 1. The van der Waals surface area contributed by atoms with E-state index in [2.05, 4.69) is 21.2 Å². The van der Waals surface area contributed by atoms with Gasteiger partial charge in [-0.1, -0.05) is 6.07 Å². The van der Waals surface area contributed by atoms with Crippen LogP contribution in [0, 0.1) is 0 Å². The van der Waals surface area contributed by atoms with E-state index in [0.717, 1.165) is 15.8 Å². The van der Waals surface area contributed by atoms with Gasteiger partial charge in [-0.15, -0.1) is 0 Å². The minimum Gasteiger partial charge on any atom is -0.496 e. The Balaban J connectivity index is 2.61. The average molecular weight is 388 g/mol. The highest BCUT2D eigenvalue weighted by molar-refractivity contribution is 9.10. The Morgan fingerprint density at radius 2 is 2.04 bits per heavy atom. The molecular weight excluding hydrogens is 366 g/mol. The molecule has 6 nitrogen and oxygen atoms in total. The van der Waals surface area contributed by atoms with Crippen molar-refractivity contribution in [3.8, 4) is 5.75 Å². The van der Waals surface area contributed by atoms with Gasteiger partial charge in [-0.25, -0.2) is 0 Å². The van der Waals surface area contributed by atoms with Crippen molar-refractivity contribution in [3.05, 3.63) is 28.2 Å². The van der Waals surface area contributed by atoms with Gasteiger partial charge in [0.1, 0.15) is 5.75 Å². The molecule has 1 aromatic carbocycles. The quantitative estimate of drug-likeness (QED) is 0.679. The molecule has 7 heteroatoms. The third kappa shape index (κ3) is 6.58. The zero-order chi connectivity index (χ0) is 17.5. The van der Waals surface area contributed by atoms with E-state index in [1.54, 1.807) is 14.0 Å². The van der Waals surface area contributed by atoms with Crippen LogP contribution in [0.2, 0.25) is 0 Å². The lowest BCUT2D eigenvalue weighted by Gasteiger charge is -2.28. The number of hydrogen-bond donors (Lipinski definition) is 2. The first-order valence-electron chi connectivity index (χ1n) is 7.14. The van der Waals surface area contributed by atoms with E-state index >= 15 is 0 Å². The van der Waals surface area contributed by atoms with Crippen LogP contribution in [-0.4, -0.2) is 43.3 Å². The van der Waals surface area contributed by atoms with Crippen LogP contribution in [0.25, 0.3) is 0 Å². The number of hydrogen-bond acceptors (Lipinski definition) is 4. The van der Waals surface area contributed by atoms with Crippen molar-refractivity contribution < 1.29 is 24.2 Å². The number of carboxylic acid groups (broad SMARTS) is 1. The van der Waals surface area contributed by atoms with E-state index in [0.29, 0.717) is 6.42 Å². The van der Waals surface area contributed by atoms with Crippen molar-refractivity contribution in [3.63, 3.8) is 0 Å². The predicted octanol–water partition coefficient (Wildman–Crippen LogP) is 2.39. The minimum absolute atomic E-state index is 0.138. The zero-order valence-corrected chi connectivity index (χ0v) is 15.1. The maximum atomic E-state index is 12.1. The number of methoxy groups -OCH3 is 2. The molecule has 0 saturated heterocycles. The Hall–Kier alpha value is -1.60. The molecular formula is C16H22BrNO5. The molecule has 0 radical (unpaired) electrons. The highest BCUT2D eigenvalue weighted by Gasteiger charge is 2.29. The first-order chi connectivity index (χ1) is 10.8. The summed E-state index contributed by atoms with van der Waals surface area (Å²) in [7, 11) is 3.06. The second-order valence-corrected chi connectivity index (χ2v) is 6.44. The summed E-state index contributed by atoms with van der Waals surface area (Å²) in [6, 6.07) is 5.62. The summed E-state index contributed by atoms with van der Waals surface area (Å²) in [5.74, 6) is -0.464. The van der Waals surface area contributed by atoms with Crippen LogP contribution in [0.15, 0.2) is 22.7 Å². The summed E-state index contributed by atoms with van der Waals surface area (Å²) in [6.45, 7) is 1.80. The molecule has 1 amide bonds. The van der Waals surface area contributed by atoms with E-state index in [1.807, 2.05) is 18.2 Å². The molecule has 1 aromatic rings. The normalized spacial score (nSPS) is 13.2. The topological polar surface area (TPSA) is 84.9 Å². The summed E-state index contributed by atoms with van der Waals surface area (Å²) < 4.78 is 11.0. The fraction of sp³-hybridized carbons (Fsp3) is 0.500. The summed E-state index contributed by atoms with van der Waals surface area (Å²) in [6.07, 6.45) is 0.614. The summed E-state index contributed by atoms with van der Waals surface area (Å²) in [4.78, 5) is 23.0. The number of nitrogens with one attached hydrogen (secondary N) is 1. The highest BCUT2D eigenvalue weighted by Crippen LogP contribution is 2.26. The van der Waals surface area contributed by atoms with E-state index in [1.165, 1.54) is 7.11 Å². The Labute approximate surface area is 144 Å². The van der Waals surface area contributed by atoms with Gasteiger partial charge in [0.25, 0.3) is 0 Å². The van der Waals surface area contributed by atoms with Crippen molar-refractivity contribution in [1.82, 2.24) is 5.32 Å². The summed E-state index contributed by atoms with van der Waals surface area (Å²) in [5.41, 5.74) is 0.0672. The molecule has 1 unspecified atom stereocenters. The van der Waals surface area contributed by atoms with E-state index < -0.39 is 11.5 Å². The number of carboxylic acids is 1. The molecule has 0 aliphatic rings. The van der Waals surface area contributed by atoms with Gasteiger partial charge in [0, 0.05) is 13.5 Å². The molecule has 0 bridgehead atoms. The van der Waals surface area contributed by atoms with Gasteiger partial charge in [-0.2, -0.15) is 0 Å². The molecule has 2 N–H and O–H groups in total.